The Morgan fingerprint density at radius 3 is 0.740 bits per heavy atom. The van der Waals surface area contributed by atoms with Crippen LogP contribution in [-0.4, -0.2) is 96.7 Å². The lowest BCUT2D eigenvalue weighted by molar-refractivity contribution is -0.161. The maximum absolute atomic E-state index is 13.1. The molecule has 0 bridgehead atoms. The summed E-state index contributed by atoms with van der Waals surface area (Å²) in [5.41, 5.74) is 0. The van der Waals surface area contributed by atoms with Gasteiger partial charge in [-0.25, -0.2) is 9.13 Å². The Labute approximate surface area is 588 Å². The molecule has 0 heterocycles. The highest BCUT2D eigenvalue weighted by Gasteiger charge is 2.30. The third-order valence-corrected chi connectivity index (χ3v) is 20.1. The normalized spacial score (nSPS) is 14.4. The SMILES string of the molecule is CCC(C)CCCCCCCCCCCCCCCCC(=O)O[C@H](COC(=O)CCCCCCCCCCCCCC(C)C)COP(=O)(O)OC[C@@H](O)COP(=O)(O)OC[C@@H](COC(=O)CCCCCCCCCCCC(C)C)OC(=O)CCCCCCCCCCCC(C)C. The fourth-order valence-corrected chi connectivity index (χ4v) is 13.3. The van der Waals surface area contributed by atoms with Crippen LogP contribution in [0, 0.1) is 23.7 Å². The number of esters is 4. The molecule has 0 aliphatic heterocycles. The van der Waals surface area contributed by atoms with Crippen LogP contribution in [0.2, 0.25) is 0 Å². The van der Waals surface area contributed by atoms with Crippen LogP contribution in [0.15, 0.2) is 0 Å². The predicted molar refractivity (Wildman–Crippen MR) is 391 cm³/mol. The standard InChI is InChI=1S/C77H150O17P2/c1-9-70(8)56-48-40-32-24-16-12-10-11-13-17-26-35-43-51-59-76(81)93-72(63-87-74(79)57-49-41-33-25-18-14-15-21-29-37-45-53-67(2)3)65-91-95(83,84)89-61-71(78)62-90-96(85,86)92-66-73(94-77(82)60-52-44-36-28-20-23-31-39-47-55-69(6)7)64-88-75(80)58-50-42-34-27-19-22-30-38-46-54-68(4)5/h67-73,78H,9-66H2,1-8H3,(H,83,84)(H,85,86)/t70?,71-,72-,73-/m1/s1. The lowest BCUT2D eigenvalue weighted by Crippen LogP contribution is -2.30. The van der Waals surface area contributed by atoms with E-state index >= 15 is 0 Å². The van der Waals surface area contributed by atoms with Crippen LogP contribution in [0.3, 0.4) is 0 Å². The number of unbranched alkanes of at least 4 members (excludes halogenated alkanes) is 39. The van der Waals surface area contributed by atoms with Crippen LogP contribution in [0.5, 0.6) is 0 Å². The summed E-state index contributed by atoms with van der Waals surface area (Å²) in [7, 11) is -9.92. The maximum Gasteiger partial charge on any atom is 0.472 e. The van der Waals surface area contributed by atoms with E-state index in [4.69, 9.17) is 37.0 Å². The highest BCUT2D eigenvalue weighted by Crippen LogP contribution is 2.45. The third kappa shape index (κ3) is 69.2. The highest BCUT2D eigenvalue weighted by atomic mass is 31.2. The second-order valence-electron chi connectivity index (χ2n) is 29.4. The largest absolute Gasteiger partial charge is 0.472 e. The molecular formula is C77H150O17P2. The summed E-state index contributed by atoms with van der Waals surface area (Å²) in [5.74, 6) is 0.978. The Kier molecular flexibility index (Phi) is 65.0. The molecular weight excluding hydrogens is 1260 g/mol. The zero-order valence-corrected chi connectivity index (χ0v) is 64.8. The minimum absolute atomic E-state index is 0.105. The van der Waals surface area contributed by atoms with Gasteiger partial charge in [-0.1, -0.05) is 338 Å². The first-order valence-corrected chi connectivity index (χ1v) is 42.7. The zero-order chi connectivity index (χ0) is 71.0. The molecule has 17 nitrogen and oxygen atoms in total. The fraction of sp³-hybridized carbons (Fsp3) is 0.948. The van der Waals surface area contributed by atoms with Gasteiger partial charge >= 0.3 is 39.5 Å². The van der Waals surface area contributed by atoms with E-state index in [1.54, 1.807) is 0 Å². The van der Waals surface area contributed by atoms with Gasteiger partial charge in [0, 0.05) is 25.7 Å². The zero-order valence-electron chi connectivity index (χ0n) is 63.0. The summed E-state index contributed by atoms with van der Waals surface area (Å²) in [6.45, 7) is 14.2. The van der Waals surface area contributed by atoms with Gasteiger partial charge in [0.25, 0.3) is 0 Å². The van der Waals surface area contributed by atoms with E-state index in [9.17, 15) is 43.2 Å². The number of hydrogen-bond acceptors (Lipinski definition) is 15. The van der Waals surface area contributed by atoms with E-state index in [0.717, 1.165) is 114 Å². The monoisotopic (exact) mass is 1410 g/mol. The smallest absolute Gasteiger partial charge is 0.462 e. The average molecular weight is 1410 g/mol. The van der Waals surface area contributed by atoms with Crippen LogP contribution in [0.25, 0.3) is 0 Å². The van der Waals surface area contributed by atoms with Gasteiger partial charge in [-0.2, -0.15) is 0 Å². The summed E-state index contributed by atoms with van der Waals surface area (Å²) in [5, 5.41) is 10.6. The molecule has 0 radical (unpaired) electrons. The Balaban J connectivity index is 5.26. The number of phosphoric ester groups is 2. The van der Waals surface area contributed by atoms with Crippen molar-refractivity contribution in [3.63, 3.8) is 0 Å². The van der Waals surface area contributed by atoms with E-state index in [-0.39, 0.29) is 25.7 Å². The van der Waals surface area contributed by atoms with Gasteiger partial charge < -0.3 is 33.8 Å². The van der Waals surface area contributed by atoms with Gasteiger partial charge in [-0.05, 0) is 49.4 Å². The van der Waals surface area contributed by atoms with Crippen LogP contribution in [0.4, 0.5) is 0 Å². The van der Waals surface area contributed by atoms with Crippen molar-refractivity contribution in [2.24, 2.45) is 23.7 Å². The molecule has 0 aliphatic rings. The lowest BCUT2D eigenvalue weighted by Gasteiger charge is -2.21. The molecule has 0 rings (SSSR count). The van der Waals surface area contributed by atoms with Crippen molar-refractivity contribution >= 4 is 39.5 Å². The van der Waals surface area contributed by atoms with Gasteiger partial charge in [-0.3, -0.25) is 37.3 Å². The summed E-state index contributed by atoms with van der Waals surface area (Å²) in [6.07, 6.45) is 51.2. The number of rotatable bonds is 74. The quantitative estimate of drug-likeness (QED) is 0.0222. The van der Waals surface area contributed by atoms with E-state index in [0.29, 0.717) is 25.7 Å². The summed E-state index contributed by atoms with van der Waals surface area (Å²) >= 11 is 0. The fourth-order valence-electron chi connectivity index (χ4n) is 11.7. The number of ether oxygens (including phenoxy) is 4. The molecule has 6 atom stereocenters. The molecule has 0 aromatic carbocycles. The number of phosphoric acid groups is 2. The van der Waals surface area contributed by atoms with Crippen LogP contribution in [0.1, 0.15) is 389 Å². The molecule has 0 aromatic rings. The van der Waals surface area contributed by atoms with Crippen LogP contribution < -0.4 is 0 Å². The summed E-state index contributed by atoms with van der Waals surface area (Å²) < 4.78 is 68.6. The number of carbonyl (C=O) groups excluding carboxylic acids is 4. The van der Waals surface area contributed by atoms with E-state index in [1.165, 1.54) is 193 Å². The Hall–Kier alpha value is -1.94. The molecule has 0 saturated carbocycles. The maximum atomic E-state index is 13.1. The van der Waals surface area contributed by atoms with Gasteiger partial charge in [-0.15, -0.1) is 0 Å². The first-order chi connectivity index (χ1) is 46.1. The Bertz CT molecular complexity index is 1890. The van der Waals surface area contributed by atoms with Gasteiger partial charge in [0.2, 0.25) is 0 Å². The topological polar surface area (TPSA) is 237 Å². The molecule has 0 amide bonds. The average Bonchev–Trinajstić information content (AvgIpc) is 3.55. The second kappa shape index (κ2) is 66.3. The van der Waals surface area contributed by atoms with Crippen molar-refractivity contribution in [3.05, 3.63) is 0 Å². The van der Waals surface area contributed by atoms with E-state index < -0.39 is 97.5 Å². The van der Waals surface area contributed by atoms with E-state index in [1.807, 2.05) is 0 Å². The van der Waals surface area contributed by atoms with Gasteiger partial charge in [0.05, 0.1) is 26.4 Å². The van der Waals surface area contributed by atoms with Crippen molar-refractivity contribution in [2.45, 2.75) is 408 Å². The number of aliphatic hydroxyl groups is 1. The van der Waals surface area contributed by atoms with Crippen molar-refractivity contribution < 1.29 is 80.2 Å². The third-order valence-electron chi connectivity index (χ3n) is 18.2. The summed E-state index contributed by atoms with van der Waals surface area (Å²) in [4.78, 5) is 72.9. The molecule has 96 heavy (non-hydrogen) atoms. The van der Waals surface area contributed by atoms with Crippen molar-refractivity contribution in [2.75, 3.05) is 39.6 Å². The molecule has 0 aromatic heterocycles. The molecule has 0 spiro atoms. The predicted octanol–water partition coefficient (Wildman–Crippen LogP) is 22.4. The first kappa shape index (κ1) is 94.1. The molecule has 0 fully saturated rings. The summed E-state index contributed by atoms with van der Waals surface area (Å²) in [6, 6.07) is 0. The van der Waals surface area contributed by atoms with E-state index in [2.05, 4.69) is 55.4 Å². The highest BCUT2D eigenvalue weighted by molar-refractivity contribution is 7.47. The minimum Gasteiger partial charge on any atom is -0.462 e. The van der Waals surface area contributed by atoms with Gasteiger partial charge in [0.1, 0.15) is 19.3 Å². The van der Waals surface area contributed by atoms with Crippen molar-refractivity contribution in [1.82, 2.24) is 0 Å². The molecule has 19 heteroatoms. The van der Waals surface area contributed by atoms with Crippen LogP contribution >= 0.6 is 15.6 Å². The Morgan fingerprint density at radius 2 is 0.500 bits per heavy atom. The van der Waals surface area contributed by atoms with Crippen LogP contribution in [-0.2, 0) is 65.4 Å². The molecule has 3 N–H and O–H groups in total. The van der Waals surface area contributed by atoms with Crippen molar-refractivity contribution in [1.29, 1.82) is 0 Å². The van der Waals surface area contributed by atoms with Crippen molar-refractivity contribution in [3.8, 4) is 0 Å². The van der Waals surface area contributed by atoms with Gasteiger partial charge in [0.15, 0.2) is 12.2 Å². The minimum atomic E-state index is -4.96. The molecule has 570 valence electrons. The lowest BCUT2D eigenvalue weighted by atomic mass is 9.99. The first-order valence-electron chi connectivity index (χ1n) is 39.7. The number of hydrogen-bond donors (Lipinski definition) is 3. The second-order valence-corrected chi connectivity index (χ2v) is 32.3. The number of carbonyl (C=O) groups is 4. The molecule has 3 unspecified atom stereocenters. The number of aliphatic hydroxyl groups excluding tert-OH is 1. The molecule has 0 aliphatic carbocycles. The molecule has 0 saturated heterocycles. The Morgan fingerprint density at radius 1 is 0.292 bits per heavy atom.